The molecule has 3 nitrogen and oxygen atoms in total. The minimum atomic E-state index is -0.478. The number of phenols is 1. The van der Waals surface area contributed by atoms with Crippen LogP contribution in [0, 0.1) is 16.7 Å². The number of benzene rings is 1. The number of unbranched alkanes of at least 4 members (excludes halogenated alkanes) is 3. The molecule has 3 atom stereocenters. The lowest BCUT2D eigenvalue weighted by Gasteiger charge is -2.47. The normalized spacial score (nSPS) is 32.4. The van der Waals surface area contributed by atoms with Crippen LogP contribution in [-0.4, -0.2) is 11.1 Å². The Hall–Kier alpha value is -1.77. The molecule has 2 saturated carbocycles. The maximum atomic E-state index is 13.0. The van der Waals surface area contributed by atoms with Crippen LogP contribution in [0.5, 0.6) is 11.5 Å². The Morgan fingerprint density at radius 3 is 2.74 bits per heavy atom. The molecule has 4 aliphatic rings. The van der Waals surface area contributed by atoms with E-state index in [1.165, 1.54) is 31.3 Å². The summed E-state index contributed by atoms with van der Waals surface area (Å²) in [6.45, 7) is 8.87. The van der Waals surface area contributed by atoms with Crippen molar-refractivity contribution in [3.05, 3.63) is 28.8 Å². The summed E-state index contributed by atoms with van der Waals surface area (Å²) in [7, 11) is 0. The fourth-order valence-electron chi connectivity index (χ4n) is 6.49. The highest BCUT2D eigenvalue weighted by molar-refractivity contribution is 6.11. The number of ether oxygens (including phenoxy) is 1. The van der Waals surface area contributed by atoms with Crippen LogP contribution >= 0.6 is 0 Å². The van der Waals surface area contributed by atoms with Crippen LogP contribution in [0.1, 0.15) is 83.8 Å². The van der Waals surface area contributed by atoms with Crippen LogP contribution in [0.25, 0.3) is 5.57 Å². The number of hydrogen-bond donors (Lipinski definition) is 1. The molecule has 0 aromatic heterocycles. The molecule has 5 rings (SSSR count). The number of carbonyl (C=O) groups excluding carboxylic acids is 1. The second kappa shape index (κ2) is 5.18. The Morgan fingerprint density at radius 1 is 1.26 bits per heavy atom. The summed E-state index contributed by atoms with van der Waals surface area (Å²) in [5, 5.41) is 10.9. The summed E-state index contributed by atoms with van der Waals surface area (Å²) >= 11 is 0. The first-order chi connectivity index (χ1) is 12.8. The van der Waals surface area contributed by atoms with E-state index in [0.29, 0.717) is 11.7 Å². The zero-order valence-corrected chi connectivity index (χ0v) is 16.9. The van der Waals surface area contributed by atoms with Gasteiger partial charge in [0.25, 0.3) is 0 Å². The Bertz CT molecular complexity index is 893. The first-order valence-electron chi connectivity index (χ1n) is 10.6. The SMILES string of the molecule is CCCCCCC(C)(C)c1cc(O)c2c(c1)OC(=O)C13CCC4C(=C21)C43C. The van der Waals surface area contributed by atoms with Gasteiger partial charge in [-0.1, -0.05) is 59.0 Å². The van der Waals surface area contributed by atoms with Crippen molar-refractivity contribution in [1.82, 2.24) is 0 Å². The van der Waals surface area contributed by atoms with Gasteiger partial charge in [0.05, 0.1) is 5.56 Å². The van der Waals surface area contributed by atoms with Gasteiger partial charge in [-0.2, -0.15) is 0 Å². The van der Waals surface area contributed by atoms with E-state index in [0.717, 1.165) is 36.0 Å². The van der Waals surface area contributed by atoms with E-state index >= 15 is 0 Å². The third-order valence-electron chi connectivity index (χ3n) is 8.23. The van der Waals surface area contributed by atoms with Crippen molar-refractivity contribution in [3.63, 3.8) is 0 Å². The number of hydrogen-bond acceptors (Lipinski definition) is 3. The summed E-state index contributed by atoms with van der Waals surface area (Å²) in [4.78, 5) is 13.0. The first kappa shape index (κ1) is 17.3. The van der Waals surface area contributed by atoms with E-state index in [9.17, 15) is 9.90 Å². The fourth-order valence-corrected chi connectivity index (χ4v) is 6.49. The molecule has 3 aliphatic carbocycles. The number of esters is 1. The zero-order chi connectivity index (χ0) is 19.2. The highest BCUT2D eigenvalue weighted by Gasteiger charge is 2.85. The molecule has 1 aromatic carbocycles. The molecular formula is C24H30O3. The molecular weight excluding hydrogens is 336 g/mol. The van der Waals surface area contributed by atoms with Crippen LogP contribution in [0.15, 0.2) is 17.7 Å². The van der Waals surface area contributed by atoms with Crippen molar-refractivity contribution in [2.24, 2.45) is 16.7 Å². The van der Waals surface area contributed by atoms with Gasteiger partial charge in [0.15, 0.2) is 0 Å². The van der Waals surface area contributed by atoms with Crippen LogP contribution in [0.3, 0.4) is 0 Å². The van der Waals surface area contributed by atoms with Crippen LogP contribution < -0.4 is 4.74 Å². The quantitative estimate of drug-likeness (QED) is 0.396. The van der Waals surface area contributed by atoms with Gasteiger partial charge in [0.1, 0.15) is 16.9 Å². The Labute approximate surface area is 161 Å². The highest BCUT2D eigenvalue weighted by Crippen LogP contribution is 2.90. The standard InChI is InChI=1S/C24H30O3/c1-5-6-7-8-10-22(2,3)14-12-16(25)18-17(13-14)27-21(26)24-11-9-15-19(20(18)24)23(15,24)4/h12-13,15,25H,5-11H2,1-4H3. The van der Waals surface area contributed by atoms with Gasteiger partial charge in [-0.25, -0.2) is 0 Å². The van der Waals surface area contributed by atoms with E-state index in [2.05, 4.69) is 27.7 Å². The molecule has 0 amide bonds. The second-order valence-electron chi connectivity index (χ2n) is 9.94. The topological polar surface area (TPSA) is 46.5 Å². The van der Waals surface area contributed by atoms with E-state index in [1.54, 1.807) is 0 Å². The Balaban J connectivity index is 1.52. The molecule has 1 aliphatic heterocycles. The van der Waals surface area contributed by atoms with Crippen molar-refractivity contribution >= 4 is 11.5 Å². The summed E-state index contributed by atoms with van der Waals surface area (Å²) in [5.41, 5.74) is 3.87. The van der Waals surface area contributed by atoms with E-state index in [-0.39, 0.29) is 22.5 Å². The van der Waals surface area contributed by atoms with Gasteiger partial charge in [0.2, 0.25) is 0 Å². The molecule has 0 bridgehead atoms. The second-order valence-corrected chi connectivity index (χ2v) is 9.94. The monoisotopic (exact) mass is 366 g/mol. The number of carbonyl (C=O) groups is 1. The third-order valence-corrected chi connectivity index (χ3v) is 8.23. The number of rotatable bonds is 6. The van der Waals surface area contributed by atoms with Gasteiger partial charge in [-0.15, -0.1) is 0 Å². The smallest absolute Gasteiger partial charge is 0.322 e. The minimum Gasteiger partial charge on any atom is -0.507 e. The summed E-state index contributed by atoms with van der Waals surface area (Å²) < 4.78 is 5.88. The third kappa shape index (κ3) is 1.86. The molecule has 3 unspecified atom stereocenters. The molecule has 2 fully saturated rings. The molecule has 1 heterocycles. The van der Waals surface area contributed by atoms with Gasteiger partial charge >= 0.3 is 5.97 Å². The molecule has 3 heteroatoms. The first-order valence-corrected chi connectivity index (χ1v) is 10.6. The predicted molar refractivity (Wildman–Crippen MR) is 106 cm³/mol. The van der Waals surface area contributed by atoms with E-state index in [4.69, 9.17) is 4.74 Å². The number of fused-ring (bicyclic) bond motifs is 3. The molecule has 1 N–H and O–H groups in total. The molecule has 144 valence electrons. The summed E-state index contributed by atoms with van der Waals surface area (Å²) in [6, 6.07) is 3.93. The fraction of sp³-hybridized carbons (Fsp3) is 0.625. The van der Waals surface area contributed by atoms with Crippen molar-refractivity contribution in [2.75, 3.05) is 0 Å². The number of aromatic hydroxyl groups is 1. The number of phenolic OH excluding ortho intramolecular Hbond substituents is 1. The van der Waals surface area contributed by atoms with E-state index < -0.39 is 5.41 Å². The Kier molecular flexibility index (Phi) is 3.33. The van der Waals surface area contributed by atoms with Gasteiger partial charge in [-0.05, 0) is 53.9 Å². The molecule has 1 spiro atoms. The van der Waals surface area contributed by atoms with Crippen LogP contribution in [0.2, 0.25) is 0 Å². The zero-order valence-electron chi connectivity index (χ0n) is 16.9. The molecule has 1 aromatic rings. The largest absolute Gasteiger partial charge is 0.507 e. The van der Waals surface area contributed by atoms with Gasteiger partial charge in [-0.3, -0.25) is 4.79 Å². The van der Waals surface area contributed by atoms with Crippen molar-refractivity contribution in [1.29, 1.82) is 0 Å². The van der Waals surface area contributed by atoms with Crippen LogP contribution in [0.4, 0.5) is 0 Å². The molecule has 0 radical (unpaired) electrons. The summed E-state index contributed by atoms with van der Waals surface area (Å²) in [6.07, 6.45) is 7.94. The van der Waals surface area contributed by atoms with Crippen molar-refractivity contribution in [2.45, 2.75) is 78.1 Å². The highest BCUT2D eigenvalue weighted by atomic mass is 16.5. The van der Waals surface area contributed by atoms with Gasteiger partial charge in [0, 0.05) is 5.41 Å². The van der Waals surface area contributed by atoms with Crippen molar-refractivity contribution < 1.29 is 14.6 Å². The molecule has 27 heavy (non-hydrogen) atoms. The lowest BCUT2D eigenvalue weighted by Crippen LogP contribution is -2.48. The average molecular weight is 367 g/mol. The van der Waals surface area contributed by atoms with Crippen LogP contribution in [-0.2, 0) is 10.2 Å². The lowest BCUT2D eigenvalue weighted by atomic mass is 9.57. The maximum Gasteiger partial charge on any atom is 0.322 e. The predicted octanol–water partition coefficient (Wildman–Crippen LogP) is 5.74. The number of allylic oxidation sites excluding steroid dienone is 1. The van der Waals surface area contributed by atoms with E-state index in [1.807, 2.05) is 12.1 Å². The Morgan fingerprint density at radius 2 is 2.04 bits per heavy atom. The lowest BCUT2D eigenvalue weighted by molar-refractivity contribution is -0.146. The van der Waals surface area contributed by atoms with Gasteiger partial charge < -0.3 is 9.84 Å². The molecule has 0 saturated heterocycles. The van der Waals surface area contributed by atoms with Crippen molar-refractivity contribution in [3.8, 4) is 11.5 Å². The summed E-state index contributed by atoms with van der Waals surface area (Å²) in [5.74, 6) is 1.30. The average Bonchev–Trinajstić information content (AvgIpc) is 3.05. The minimum absolute atomic E-state index is 0.0146. The maximum absolute atomic E-state index is 13.0.